The van der Waals surface area contributed by atoms with E-state index in [1.54, 1.807) is 13.8 Å². The van der Waals surface area contributed by atoms with E-state index in [4.69, 9.17) is 4.74 Å². The number of cyclic esters (lactones) is 1. The molecule has 2 atom stereocenters. The van der Waals surface area contributed by atoms with Crippen LogP contribution in [-0.2, 0) is 14.9 Å². The molecule has 1 aromatic carbocycles. The SMILES string of the molecule is CC(C)[C@H]1COC(=O)N1C(=O)[C@@H](NC(=O)O)C(C)(C)c1ccccc1. The third-order valence-electron chi connectivity index (χ3n) is 4.67. The number of benzene rings is 1. The van der Waals surface area contributed by atoms with E-state index >= 15 is 0 Å². The van der Waals surface area contributed by atoms with Crippen molar-refractivity contribution in [3.8, 4) is 0 Å². The van der Waals surface area contributed by atoms with Gasteiger partial charge in [0.05, 0.1) is 6.04 Å². The summed E-state index contributed by atoms with van der Waals surface area (Å²) in [4.78, 5) is 37.6. The zero-order valence-corrected chi connectivity index (χ0v) is 14.9. The second-order valence-corrected chi connectivity index (χ2v) is 7.07. The molecule has 2 N–H and O–H groups in total. The fourth-order valence-electron chi connectivity index (χ4n) is 3.03. The molecule has 7 heteroatoms. The van der Waals surface area contributed by atoms with E-state index in [1.807, 2.05) is 44.2 Å². The Labute approximate surface area is 147 Å². The number of carboxylic acid groups (broad SMARTS) is 1. The van der Waals surface area contributed by atoms with Crippen LogP contribution in [0.15, 0.2) is 30.3 Å². The van der Waals surface area contributed by atoms with Gasteiger partial charge in [-0.3, -0.25) is 4.79 Å². The maximum absolute atomic E-state index is 13.1. The van der Waals surface area contributed by atoms with Gasteiger partial charge in [-0.1, -0.05) is 58.0 Å². The van der Waals surface area contributed by atoms with E-state index in [0.29, 0.717) is 0 Å². The topological polar surface area (TPSA) is 95.9 Å². The van der Waals surface area contributed by atoms with Gasteiger partial charge in [-0.15, -0.1) is 0 Å². The summed E-state index contributed by atoms with van der Waals surface area (Å²) in [5, 5.41) is 11.5. The highest BCUT2D eigenvalue weighted by Gasteiger charge is 2.47. The summed E-state index contributed by atoms with van der Waals surface area (Å²) in [7, 11) is 0. The highest BCUT2D eigenvalue weighted by molar-refractivity contribution is 5.98. The molecule has 1 fully saturated rings. The van der Waals surface area contributed by atoms with Crippen molar-refractivity contribution >= 4 is 18.1 Å². The van der Waals surface area contributed by atoms with Gasteiger partial charge in [-0.25, -0.2) is 14.5 Å². The minimum atomic E-state index is -1.32. The summed E-state index contributed by atoms with van der Waals surface area (Å²) in [5.74, 6) is -0.599. The minimum absolute atomic E-state index is 0.000663. The van der Waals surface area contributed by atoms with E-state index in [2.05, 4.69) is 5.32 Å². The normalized spacial score (nSPS) is 18.8. The lowest BCUT2D eigenvalue weighted by Gasteiger charge is -2.36. The van der Waals surface area contributed by atoms with Crippen LogP contribution in [0.1, 0.15) is 33.3 Å². The molecular formula is C18H24N2O5. The van der Waals surface area contributed by atoms with E-state index in [0.717, 1.165) is 10.5 Å². The van der Waals surface area contributed by atoms with Crippen molar-refractivity contribution in [3.05, 3.63) is 35.9 Å². The summed E-state index contributed by atoms with van der Waals surface area (Å²) in [5.41, 5.74) is -0.0722. The Morgan fingerprint density at radius 1 is 1.28 bits per heavy atom. The Morgan fingerprint density at radius 3 is 2.40 bits per heavy atom. The molecule has 1 aliphatic heterocycles. The van der Waals surface area contributed by atoms with E-state index in [9.17, 15) is 19.5 Å². The lowest BCUT2D eigenvalue weighted by atomic mass is 9.77. The second kappa shape index (κ2) is 7.13. The molecule has 1 aromatic rings. The Kier molecular flexibility index (Phi) is 5.35. The first-order valence-electron chi connectivity index (χ1n) is 8.21. The first-order chi connectivity index (χ1) is 11.7. The van der Waals surface area contributed by atoms with E-state index in [1.165, 1.54) is 0 Å². The Morgan fingerprint density at radius 2 is 1.88 bits per heavy atom. The molecule has 136 valence electrons. The van der Waals surface area contributed by atoms with E-state index < -0.39 is 35.6 Å². The molecule has 1 saturated heterocycles. The van der Waals surface area contributed by atoms with Gasteiger partial charge in [-0.05, 0) is 11.5 Å². The van der Waals surface area contributed by atoms with Gasteiger partial charge in [-0.2, -0.15) is 0 Å². The largest absolute Gasteiger partial charge is 0.465 e. The van der Waals surface area contributed by atoms with E-state index in [-0.39, 0.29) is 12.5 Å². The molecule has 3 amide bonds. The van der Waals surface area contributed by atoms with Crippen LogP contribution < -0.4 is 5.32 Å². The van der Waals surface area contributed by atoms with Crippen LogP contribution in [0, 0.1) is 5.92 Å². The number of amides is 3. The van der Waals surface area contributed by atoms with Crippen LogP contribution in [0.2, 0.25) is 0 Å². The number of carbonyl (C=O) groups is 3. The highest BCUT2D eigenvalue weighted by Crippen LogP contribution is 2.30. The molecule has 0 spiro atoms. The van der Waals surface area contributed by atoms with Crippen molar-refractivity contribution in [2.75, 3.05) is 6.61 Å². The van der Waals surface area contributed by atoms with Gasteiger partial charge < -0.3 is 15.2 Å². The molecule has 0 unspecified atom stereocenters. The molecule has 7 nitrogen and oxygen atoms in total. The van der Waals surface area contributed by atoms with Crippen LogP contribution in [0.4, 0.5) is 9.59 Å². The minimum Gasteiger partial charge on any atom is -0.465 e. The average molecular weight is 348 g/mol. The Bertz CT molecular complexity index is 657. The summed E-state index contributed by atoms with van der Waals surface area (Å²) in [6, 6.07) is 7.59. The van der Waals surface area contributed by atoms with Crippen LogP contribution in [0.3, 0.4) is 0 Å². The lowest BCUT2D eigenvalue weighted by Crippen LogP contribution is -2.59. The maximum atomic E-state index is 13.1. The van der Waals surface area contributed by atoms with Gasteiger partial charge in [0, 0.05) is 5.41 Å². The van der Waals surface area contributed by atoms with Crippen molar-refractivity contribution in [3.63, 3.8) is 0 Å². The van der Waals surface area contributed by atoms with Crippen molar-refractivity contribution < 1.29 is 24.2 Å². The van der Waals surface area contributed by atoms with Crippen LogP contribution in [0.25, 0.3) is 0 Å². The highest BCUT2D eigenvalue weighted by atomic mass is 16.6. The van der Waals surface area contributed by atoms with Gasteiger partial charge in [0.2, 0.25) is 0 Å². The number of hydrogen-bond donors (Lipinski definition) is 2. The van der Waals surface area contributed by atoms with Gasteiger partial charge in [0.25, 0.3) is 5.91 Å². The second-order valence-electron chi connectivity index (χ2n) is 7.07. The molecule has 0 aromatic heterocycles. The summed E-state index contributed by atoms with van der Waals surface area (Å²) < 4.78 is 5.03. The Balaban J connectivity index is 2.41. The van der Waals surface area contributed by atoms with Crippen molar-refractivity contribution in [1.29, 1.82) is 0 Å². The van der Waals surface area contributed by atoms with Crippen molar-refractivity contribution in [1.82, 2.24) is 10.2 Å². The standard InChI is InChI=1S/C18H24N2O5/c1-11(2)13-10-25-17(24)20(13)15(21)14(19-16(22)23)18(3,4)12-8-6-5-7-9-12/h5-9,11,13-14,19H,10H2,1-4H3,(H,22,23)/t13-,14-/m1/s1. The molecule has 1 heterocycles. The summed E-state index contributed by atoms with van der Waals surface area (Å²) in [6.45, 7) is 7.43. The van der Waals surface area contributed by atoms with Crippen LogP contribution >= 0.6 is 0 Å². The number of carbonyl (C=O) groups excluding carboxylic acids is 2. The summed E-state index contributed by atoms with van der Waals surface area (Å²) >= 11 is 0. The predicted octanol–water partition coefficient (Wildman–Crippen LogP) is 2.60. The van der Waals surface area contributed by atoms with Crippen LogP contribution in [-0.4, -0.2) is 46.8 Å². The van der Waals surface area contributed by atoms with Gasteiger partial charge in [0.1, 0.15) is 12.6 Å². The fraction of sp³-hybridized carbons (Fsp3) is 0.500. The molecule has 0 bridgehead atoms. The molecule has 0 aliphatic carbocycles. The quantitative estimate of drug-likeness (QED) is 0.853. The Hall–Kier alpha value is -2.57. The number of rotatable bonds is 5. The number of nitrogens with zero attached hydrogens (tertiary/aromatic N) is 1. The number of ether oxygens (including phenoxy) is 1. The van der Waals surface area contributed by atoms with Gasteiger partial charge >= 0.3 is 12.2 Å². The molecular weight excluding hydrogens is 324 g/mol. The molecule has 0 radical (unpaired) electrons. The smallest absolute Gasteiger partial charge is 0.417 e. The maximum Gasteiger partial charge on any atom is 0.417 e. The summed E-state index contributed by atoms with van der Waals surface area (Å²) in [6.07, 6.45) is -2.05. The average Bonchev–Trinajstić information content (AvgIpc) is 2.94. The van der Waals surface area contributed by atoms with Gasteiger partial charge in [0.15, 0.2) is 0 Å². The first kappa shape index (κ1) is 18.8. The number of hydrogen-bond acceptors (Lipinski definition) is 4. The van der Waals surface area contributed by atoms with Crippen molar-refractivity contribution in [2.45, 2.75) is 45.2 Å². The molecule has 25 heavy (non-hydrogen) atoms. The molecule has 0 saturated carbocycles. The fourth-order valence-corrected chi connectivity index (χ4v) is 3.03. The first-order valence-corrected chi connectivity index (χ1v) is 8.21. The number of nitrogens with one attached hydrogen (secondary N) is 1. The zero-order chi connectivity index (χ0) is 18.8. The third-order valence-corrected chi connectivity index (χ3v) is 4.67. The molecule has 1 aliphatic rings. The number of imide groups is 1. The molecule has 2 rings (SSSR count). The lowest BCUT2D eigenvalue weighted by molar-refractivity contribution is -0.133. The predicted molar refractivity (Wildman–Crippen MR) is 91.2 cm³/mol. The third kappa shape index (κ3) is 3.75. The monoisotopic (exact) mass is 348 g/mol. The van der Waals surface area contributed by atoms with Crippen LogP contribution in [0.5, 0.6) is 0 Å². The van der Waals surface area contributed by atoms with Crippen molar-refractivity contribution in [2.24, 2.45) is 5.92 Å². The zero-order valence-electron chi connectivity index (χ0n) is 14.9.